The van der Waals surface area contributed by atoms with Crippen molar-refractivity contribution in [3.8, 4) is 0 Å². The fourth-order valence-electron chi connectivity index (χ4n) is 1.43. The number of benzene rings is 1. The molecule has 1 aromatic rings. The summed E-state index contributed by atoms with van der Waals surface area (Å²) in [5.41, 5.74) is 7.37. The number of carbonyl (C=O) groups excluding carboxylic acids is 1. The van der Waals surface area contributed by atoms with Gasteiger partial charge in [0.2, 0.25) is 0 Å². The van der Waals surface area contributed by atoms with Crippen molar-refractivity contribution in [2.24, 2.45) is 0 Å². The second-order valence-corrected chi connectivity index (χ2v) is 3.60. The van der Waals surface area contributed by atoms with Gasteiger partial charge in [-0.2, -0.15) is 0 Å². The van der Waals surface area contributed by atoms with Crippen LogP contribution in [0.25, 0.3) is 0 Å². The molecule has 1 atom stereocenters. The third-order valence-corrected chi connectivity index (χ3v) is 2.42. The number of hydrogen-bond acceptors (Lipinski definition) is 2. The van der Waals surface area contributed by atoms with E-state index < -0.39 is 0 Å². The fraction of sp³-hybridized carbons (Fsp3) is 0.417. The molecule has 76 valence electrons. The Kier molecular flexibility index (Phi) is 3.69. The lowest BCUT2D eigenvalue weighted by Gasteiger charge is -2.10. The molecule has 0 aromatic heterocycles. The van der Waals surface area contributed by atoms with Gasteiger partial charge in [0, 0.05) is 18.0 Å². The van der Waals surface area contributed by atoms with Gasteiger partial charge in [-0.3, -0.25) is 4.79 Å². The molecule has 0 bridgehead atoms. The summed E-state index contributed by atoms with van der Waals surface area (Å²) in [7, 11) is 0. The van der Waals surface area contributed by atoms with Gasteiger partial charge in [0.05, 0.1) is 0 Å². The summed E-state index contributed by atoms with van der Waals surface area (Å²) >= 11 is 0. The topological polar surface area (TPSA) is 43.1 Å². The minimum Gasteiger partial charge on any atom is -0.399 e. The summed E-state index contributed by atoms with van der Waals surface area (Å²) in [6, 6.07) is 7.53. The minimum absolute atomic E-state index is 0.00412. The van der Waals surface area contributed by atoms with Gasteiger partial charge in [0.15, 0.2) is 0 Å². The summed E-state index contributed by atoms with van der Waals surface area (Å²) < 4.78 is 0. The van der Waals surface area contributed by atoms with Crippen LogP contribution >= 0.6 is 0 Å². The van der Waals surface area contributed by atoms with Gasteiger partial charge in [0.25, 0.3) is 0 Å². The van der Waals surface area contributed by atoms with Crippen molar-refractivity contribution in [2.75, 3.05) is 5.73 Å². The first-order valence-electron chi connectivity index (χ1n) is 5.03. The second kappa shape index (κ2) is 4.80. The molecular weight excluding hydrogens is 174 g/mol. The third-order valence-electron chi connectivity index (χ3n) is 2.42. The van der Waals surface area contributed by atoms with Crippen molar-refractivity contribution in [1.29, 1.82) is 0 Å². The van der Waals surface area contributed by atoms with Crippen LogP contribution in [0.1, 0.15) is 38.2 Å². The van der Waals surface area contributed by atoms with Crippen molar-refractivity contribution >= 4 is 11.5 Å². The highest BCUT2D eigenvalue weighted by Crippen LogP contribution is 2.19. The maximum atomic E-state index is 11.6. The van der Waals surface area contributed by atoms with Gasteiger partial charge in [-0.05, 0) is 24.1 Å². The van der Waals surface area contributed by atoms with Crippen molar-refractivity contribution < 1.29 is 4.79 Å². The van der Waals surface area contributed by atoms with Gasteiger partial charge in [0.1, 0.15) is 5.78 Å². The largest absolute Gasteiger partial charge is 0.399 e. The number of anilines is 1. The van der Waals surface area contributed by atoms with Crippen LogP contribution < -0.4 is 5.73 Å². The first-order chi connectivity index (χ1) is 6.65. The zero-order valence-corrected chi connectivity index (χ0v) is 8.79. The van der Waals surface area contributed by atoms with E-state index in [-0.39, 0.29) is 5.92 Å². The number of hydrogen-bond donors (Lipinski definition) is 1. The summed E-state index contributed by atoms with van der Waals surface area (Å²) in [6.45, 7) is 3.97. The Bertz CT molecular complexity index is 303. The van der Waals surface area contributed by atoms with E-state index >= 15 is 0 Å². The predicted molar refractivity (Wildman–Crippen MR) is 59.2 cm³/mol. The molecule has 14 heavy (non-hydrogen) atoms. The van der Waals surface area contributed by atoms with Crippen LogP contribution in [-0.4, -0.2) is 5.78 Å². The Morgan fingerprint density at radius 3 is 2.43 bits per heavy atom. The van der Waals surface area contributed by atoms with Gasteiger partial charge >= 0.3 is 0 Å². The van der Waals surface area contributed by atoms with E-state index in [2.05, 4.69) is 0 Å². The molecule has 2 heteroatoms. The SMILES string of the molecule is CCCC(=O)C(C)c1ccc(N)cc1. The van der Waals surface area contributed by atoms with Crippen LogP contribution in [0.15, 0.2) is 24.3 Å². The van der Waals surface area contributed by atoms with E-state index in [4.69, 9.17) is 5.73 Å². The monoisotopic (exact) mass is 191 g/mol. The maximum absolute atomic E-state index is 11.6. The standard InChI is InChI=1S/C12H17NO/c1-3-4-12(14)9(2)10-5-7-11(13)8-6-10/h5-9H,3-4,13H2,1-2H3. The minimum atomic E-state index is -0.00412. The first-order valence-corrected chi connectivity index (χ1v) is 5.03. The maximum Gasteiger partial charge on any atom is 0.140 e. The number of carbonyl (C=O) groups is 1. The zero-order chi connectivity index (χ0) is 10.6. The fourth-order valence-corrected chi connectivity index (χ4v) is 1.43. The first kappa shape index (κ1) is 10.8. The lowest BCUT2D eigenvalue weighted by molar-refractivity contribution is -0.120. The molecule has 0 radical (unpaired) electrons. The summed E-state index contributed by atoms with van der Waals surface area (Å²) in [5, 5.41) is 0. The quantitative estimate of drug-likeness (QED) is 0.743. The molecule has 0 saturated heterocycles. The normalized spacial score (nSPS) is 12.4. The van der Waals surface area contributed by atoms with E-state index in [1.54, 1.807) is 0 Å². The average molecular weight is 191 g/mol. The van der Waals surface area contributed by atoms with Crippen molar-refractivity contribution in [3.63, 3.8) is 0 Å². The highest BCUT2D eigenvalue weighted by molar-refractivity contribution is 5.85. The molecule has 0 aliphatic heterocycles. The van der Waals surface area contributed by atoms with Crippen LogP contribution in [0.5, 0.6) is 0 Å². The number of Topliss-reactive ketones (excluding diaryl/α,β-unsaturated/α-hetero) is 1. The Morgan fingerprint density at radius 1 is 1.36 bits per heavy atom. The van der Waals surface area contributed by atoms with E-state index in [0.29, 0.717) is 12.2 Å². The molecule has 0 aliphatic carbocycles. The third kappa shape index (κ3) is 2.59. The second-order valence-electron chi connectivity index (χ2n) is 3.60. The summed E-state index contributed by atoms with van der Waals surface area (Å²) in [4.78, 5) is 11.6. The average Bonchev–Trinajstić information content (AvgIpc) is 2.18. The Labute approximate surface area is 85.1 Å². The zero-order valence-electron chi connectivity index (χ0n) is 8.79. The molecule has 0 spiro atoms. The van der Waals surface area contributed by atoms with Crippen LogP contribution in [0.3, 0.4) is 0 Å². The number of nitrogen functional groups attached to an aromatic ring is 1. The van der Waals surface area contributed by atoms with Crippen molar-refractivity contribution in [2.45, 2.75) is 32.6 Å². The van der Waals surface area contributed by atoms with E-state index in [1.165, 1.54) is 0 Å². The Morgan fingerprint density at radius 2 is 1.93 bits per heavy atom. The summed E-state index contributed by atoms with van der Waals surface area (Å²) in [6.07, 6.45) is 1.57. The van der Waals surface area contributed by atoms with Gasteiger partial charge < -0.3 is 5.73 Å². The molecule has 2 nitrogen and oxygen atoms in total. The van der Waals surface area contributed by atoms with Crippen LogP contribution in [0.2, 0.25) is 0 Å². The van der Waals surface area contributed by atoms with Crippen molar-refractivity contribution in [1.82, 2.24) is 0 Å². The van der Waals surface area contributed by atoms with Crippen molar-refractivity contribution in [3.05, 3.63) is 29.8 Å². The molecule has 0 amide bonds. The summed E-state index contributed by atoms with van der Waals surface area (Å²) in [5.74, 6) is 0.299. The molecule has 0 aliphatic rings. The van der Waals surface area contributed by atoms with Gasteiger partial charge in [-0.1, -0.05) is 26.0 Å². The Balaban J connectivity index is 2.73. The molecular formula is C12H17NO. The van der Waals surface area contributed by atoms with E-state index in [9.17, 15) is 4.79 Å². The number of nitrogens with two attached hydrogens (primary N) is 1. The van der Waals surface area contributed by atoms with Crippen LogP contribution in [0, 0.1) is 0 Å². The number of rotatable bonds is 4. The molecule has 0 heterocycles. The molecule has 0 fully saturated rings. The predicted octanol–water partition coefficient (Wildman–Crippen LogP) is 2.74. The van der Waals surface area contributed by atoms with Crippen LogP contribution in [-0.2, 0) is 4.79 Å². The lowest BCUT2D eigenvalue weighted by atomic mass is 9.94. The molecule has 1 rings (SSSR count). The molecule has 1 aromatic carbocycles. The van der Waals surface area contributed by atoms with Gasteiger partial charge in [-0.25, -0.2) is 0 Å². The number of ketones is 1. The molecule has 0 saturated carbocycles. The van der Waals surface area contributed by atoms with Gasteiger partial charge in [-0.15, -0.1) is 0 Å². The highest BCUT2D eigenvalue weighted by atomic mass is 16.1. The highest BCUT2D eigenvalue weighted by Gasteiger charge is 2.13. The van der Waals surface area contributed by atoms with E-state index in [0.717, 1.165) is 17.7 Å². The van der Waals surface area contributed by atoms with Crippen LogP contribution in [0.4, 0.5) is 5.69 Å². The molecule has 1 unspecified atom stereocenters. The lowest BCUT2D eigenvalue weighted by Crippen LogP contribution is -2.08. The van der Waals surface area contributed by atoms with E-state index in [1.807, 2.05) is 38.1 Å². The molecule has 2 N–H and O–H groups in total. The smallest absolute Gasteiger partial charge is 0.140 e. The Hall–Kier alpha value is -1.31.